The maximum absolute atomic E-state index is 6.11. The molecule has 1 aromatic carbocycles. The molecule has 1 saturated carbocycles. The summed E-state index contributed by atoms with van der Waals surface area (Å²) in [6, 6.07) is 5.59. The molecule has 0 atom stereocenters. The van der Waals surface area contributed by atoms with Gasteiger partial charge in [0.15, 0.2) is 0 Å². The molecular weight excluding hydrogens is 257 g/mol. The van der Waals surface area contributed by atoms with Gasteiger partial charge in [0, 0.05) is 30.2 Å². The van der Waals surface area contributed by atoms with Crippen molar-refractivity contribution in [3.8, 4) is 0 Å². The van der Waals surface area contributed by atoms with Gasteiger partial charge in [0.1, 0.15) is 0 Å². The van der Waals surface area contributed by atoms with Crippen LogP contribution in [0.4, 0.5) is 0 Å². The van der Waals surface area contributed by atoms with Gasteiger partial charge in [-0.2, -0.15) is 0 Å². The van der Waals surface area contributed by atoms with E-state index in [9.17, 15) is 0 Å². The van der Waals surface area contributed by atoms with E-state index in [1.807, 2.05) is 12.1 Å². The standard InChI is InChI=1S/C13H17Cl2NO/c1-17-13(5-2-6-13)9-16-8-10-3-4-11(14)7-12(10)15/h3-4,7,16H,2,5-6,8-9H2,1H3. The molecule has 0 radical (unpaired) electrons. The third kappa shape index (κ3) is 3.14. The molecule has 0 bridgehead atoms. The van der Waals surface area contributed by atoms with Crippen molar-refractivity contribution >= 4 is 23.2 Å². The second-order valence-corrected chi connectivity index (χ2v) is 5.42. The van der Waals surface area contributed by atoms with Crippen molar-refractivity contribution < 1.29 is 4.74 Å². The first kappa shape index (κ1) is 13.2. The lowest BCUT2D eigenvalue weighted by Gasteiger charge is -2.40. The number of hydrogen-bond acceptors (Lipinski definition) is 2. The predicted octanol–water partition coefficient (Wildman–Crippen LogP) is 3.65. The first-order chi connectivity index (χ1) is 8.15. The zero-order valence-corrected chi connectivity index (χ0v) is 11.4. The highest BCUT2D eigenvalue weighted by Gasteiger charge is 2.36. The normalized spacial score (nSPS) is 17.8. The van der Waals surface area contributed by atoms with Crippen LogP contribution in [0, 0.1) is 0 Å². The average Bonchev–Trinajstić information content (AvgIpc) is 2.25. The Morgan fingerprint density at radius 3 is 2.65 bits per heavy atom. The van der Waals surface area contributed by atoms with Crippen molar-refractivity contribution in [2.75, 3.05) is 13.7 Å². The minimum atomic E-state index is 0.0545. The number of halogens is 2. The van der Waals surface area contributed by atoms with Crippen LogP contribution in [0.3, 0.4) is 0 Å². The van der Waals surface area contributed by atoms with E-state index in [-0.39, 0.29) is 5.60 Å². The van der Waals surface area contributed by atoms with E-state index >= 15 is 0 Å². The summed E-state index contributed by atoms with van der Waals surface area (Å²) in [4.78, 5) is 0. The van der Waals surface area contributed by atoms with E-state index in [0.717, 1.165) is 31.5 Å². The van der Waals surface area contributed by atoms with Gasteiger partial charge < -0.3 is 10.1 Å². The number of hydrogen-bond donors (Lipinski definition) is 1. The summed E-state index contributed by atoms with van der Waals surface area (Å²) in [5.41, 5.74) is 1.13. The van der Waals surface area contributed by atoms with Crippen LogP contribution in [0.2, 0.25) is 10.0 Å². The van der Waals surface area contributed by atoms with Gasteiger partial charge in [0.2, 0.25) is 0 Å². The molecule has 0 saturated heterocycles. The monoisotopic (exact) mass is 273 g/mol. The number of nitrogens with one attached hydrogen (secondary N) is 1. The smallest absolute Gasteiger partial charge is 0.0802 e. The number of methoxy groups -OCH3 is 1. The van der Waals surface area contributed by atoms with Crippen LogP contribution >= 0.6 is 23.2 Å². The lowest BCUT2D eigenvalue weighted by atomic mass is 9.80. The van der Waals surface area contributed by atoms with Gasteiger partial charge in [-0.3, -0.25) is 0 Å². The van der Waals surface area contributed by atoms with Crippen LogP contribution in [-0.2, 0) is 11.3 Å². The Morgan fingerprint density at radius 2 is 2.12 bits per heavy atom. The molecule has 0 aromatic heterocycles. The summed E-state index contributed by atoms with van der Waals surface area (Å²) < 4.78 is 5.54. The zero-order valence-electron chi connectivity index (χ0n) is 9.93. The fourth-order valence-electron chi connectivity index (χ4n) is 2.11. The number of ether oxygens (including phenoxy) is 1. The van der Waals surface area contributed by atoms with Crippen LogP contribution in [0.5, 0.6) is 0 Å². The van der Waals surface area contributed by atoms with Crippen molar-refractivity contribution in [2.24, 2.45) is 0 Å². The third-order valence-electron chi connectivity index (χ3n) is 3.48. The Bertz CT molecular complexity index is 385. The lowest BCUT2D eigenvalue weighted by Crippen LogP contribution is -2.47. The largest absolute Gasteiger partial charge is 0.377 e. The maximum Gasteiger partial charge on any atom is 0.0802 e. The van der Waals surface area contributed by atoms with Gasteiger partial charge in [-0.1, -0.05) is 29.3 Å². The Morgan fingerprint density at radius 1 is 1.35 bits per heavy atom. The highest BCUT2D eigenvalue weighted by atomic mass is 35.5. The molecule has 94 valence electrons. The molecule has 0 unspecified atom stereocenters. The summed E-state index contributed by atoms with van der Waals surface area (Å²) in [5, 5.41) is 4.79. The molecule has 1 N–H and O–H groups in total. The summed E-state index contributed by atoms with van der Waals surface area (Å²) in [6.07, 6.45) is 3.55. The minimum Gasteiger partial charge on any atom is -0.377 e. The van der Waals surface area contributed by atoms with E-state index < -0.39 is 0 Å². The van der Waals surface area contributed by atoms with Gasteiger partial charge in [-0.15, -0.1) is 0 Å². The molecule has 4 heteroatoms. The lowest BCUT2D eigenvalue weighted by molar-refractivity contribution is -0.0695. The molecule has 0 amide bonds. The number of benzene rings is 1. The van der Waals surface area contributed by atoms with E-state index in [1.165, 1.54) is 6.42 Å². The van der Waals surface area contributed by atoms with Crippen LogP contribution in [0.15, 0.2) is 18.2 Å². The summed E-state index contributed by atoms with van der Waals surface area (Å²) >= 11 is 12.0. The summed E-state index contributed by atoms with van der Waals surface area (Å²) in [5.74, 6) is 0. The van der Waals surface area contributed by atoms with Crippen molar-refractivity contribution in [1.82, 2.24) is 5.32 Å². The summed E-state index contributed by atoms with van der Waals surface area (Å²) in [6.45, 7) is 1.63. The van der Waals surface area contributed by atoms with E-state index in [4.69, 9.17) is 27.9 Å². The second-order valence-electron chi connectivity index (χ2n) is 4.58. The highest BCUT2D eigenvalue weighted by Crippen LogP contribution is 2.34. The number of rotatable bonds is 5. The quantitative estimate of drug-likeness (QED) is 0.884. The van der Waals surface area contributed by atoms with Gasteiger partial charge >= 0.3 is 0 Å². The molecule has 0 aliphatic heterocycles. The Labute approximate surface area is 112 Å². The van der Waals surface area contributed by atoms with Crippen LogP contribution in [-0.4, -0.2) is 19.3 Å². The first-order valence-electron chi connectivity index (χ1n) is 5.85. The van der Waals surface area contributed by atoms with Crippen molar-refractivity contribution in [2.45, 2.75) is 31.4 Å². The van der Waals surface area contributed by atoms with Crippen molar-refractivity contribution in [3.63, 3.8) is 0 Å². The molecular formula is C13H17Cl2NO. The van der Waals surface area contributed by atoms with Crippen LogP contribution < -0.4 is 5.32 Å². The van der Waals surface area contributed by atoms with Gasteiger partial charge in [0.25, 0.3) is 0 Å². The molecule has 1 fully saturated rings. The molecule has 0 heterocycles. The van der Waals surface area contributed by atoms with E-state index in [0.29, 0.717) is 10.0 Å². The molecule has 17 heavy (non-hydrogen) atoms. The SMILES string of the molecule is COC1(CNCc2ccc(Cl)cc2Cl)CCC1. The molecule has 2 rings (SSSR count). The maximum atomic E-state index is 6.11. The Kier molecular flexibility index (Phi) is 4.31. The van der Waals surface area contributed by atoms with Gasteiger partial charge in [-0.25, -0.2) is 0 Å². The van der Waals surface area contributed by atoms with Crippen LogP contribution in [0.25, 0.3) is 0 Å². The predicted molar refractivity (Wildman–Crippen MR) is 71.8 cm³/mol. The zero-order chi connectivity index (χ0) is 12.3. The topological polar surface area (TPSA) is 21.3 Å². The highest BCUT2D eigenvalue weighted by molar-refractivity contribution is 6.35. The average molecular weight is 274 g/mol. The third-order valence-corrected chi connectivity index (χ3v) is 4.06. The molecule has 1 aliphatic rings. The fraction of sp³-hybridized carbons (Fsp3) is 0.538. The summed E-state index contributed by atoms with van der Waals surface area (Å²) in [7, 11) is 1.79. The Hall–Kier alpha value is -0.280. The van der Waals surface area contributed by atoms with Crippen molar-refractivity contribution in [1.29, 1.82) is 0 Å². The van der Waals surface area contributed by atoms with Crippen molar-refractivity contribution in [3.05, 3.63) is 33.8 Å². The van der Waals surface area contributed by atoms with Gasteiger partial charge in [0.05, 0.1) is 5.60 Å². The molecule has 1 aromatic rings. The second kappa shape index (κ2) is 5.57. The molecule has 2 nitrogen and oxygen atoms in total. The van der Waals surface area contributed by atoms with Crippen LogP contribution in [0.1, 0.15) is 24.8 Å². The van der Waals surface area contributed by atoms with Gasteiger partial charge in [-0.05, 0) is 37.0 Å². The van der Waals surface area contributed by atoms with E-state index in [1.54, 1.807) is 13.2 Å². The molecule has 1 aliphatic carbocycles. The fourth-order valence-corrected chi connectivity index (χ4v) is 2.59. The Balaban J connectivity index is 1.85. The minimum absolute atomic E-state index is 0.0545. The first-order valence-corrected chi connectivity index (χ1v) is 6.61. The molecule has 0 spiro atoms. The van der Waals surface area contributed by atoms with E-state index in [2.05, 4.69) is 5.32 Å².